The number of nitrogens with one attached hydrogen (secondary N) is 1. The van der Waals surface area contributed by atoms with Crippen molar-refractivity contribution >= 4 is 5.69 Å². The lowest BCUT2D eigenvalue weighted by molar-refractivity contribution is 0.314. The van der Waals surface area contributed by atoms with Gasteiger partial charge in [0.25, 0.3) is 0 Å². The van der Waals surface area contributed by atoms with Gasteiger partial charge >= 0.3 is 0 Å². The molecule has 1 unspecified atom stereocenters. The van der Waals surface area contributed by atoms with E-state index in [0.29, 0.717) is 12.6 Å². The van der Waals surface area contributed by atoms with Gasteiger partial charge in [0.1, 0.15) is 5.82 Å². The maximum atomic E-state index is 14.0. The molecule has 0 amide bonds. The highest BCUT2D eigenvalue weighted by Gasteiger charge is 2.23. The third-order valence-electron chi connectivity index (χ3n) is 4.21. The van der Waals surface area contributed by atoms with Crippen LogP contribution in [0.5, 0.6) is 0 Å². The van der Waals surface area contributed by atoms with Crippen molar-refractivity contribution in [1.29, 1.82) is 0 Å². The Balaban J connectivity index is 2.11. The normalized spacial score (nSPS) is 19.5. The van der Waals surface area contributed by atoms with Crippen molar-refractivity contribution in [2.75, 3.05) is 38.6 Å². The first kappa shape index (κ1) is 15.3. The van der Waals surface area contributed by atoms with Crippen LogP contribution in [0.15, 0.2) is 18.2 Å². The molecule has 3 nitrogen and oxygen atoms in total. The Labute approximate surface area is 121 Å². The molecule has 1 aromatic rings. The van der Waals surface area contributed by atoms with Crippen LogP contribution in [0.2, 0.25) is 0 Å². The first-order valence-corrected chi connectivity index (χ1v) is 7.53. The number of likely N-dealkylation sites (N-methyl/N-ethyl adjacent to an activating group) is 2. The monoisotopic (exact) mass is 279 g/mol. The first-order valence-electron chi connectivity index (χ1n) is 7.53. The van der Waals surface area contributed by atoms with Crippen LogP contribution >= 0.6 is 0 Å². The van der Waals surface area contributed by atoms with E-state index < -0.39 is 0 Å². The fraction of sp³-hybridized carbons (Fsp3) is 0.625. The quantitative estimate of drug-likeness (QED) is 0.863. The Hall–Kier alpha value is -1.13. The Morgan fingerprint density at radius 3 is 2.90 bits per heavy atom. The lowest BCUT2D eigenvalue weighted by Gasteiger charge is -2.29. The number of hydrogen-bond donors (Lipinski definition) is 1. The third kappa shape index (κ3) is 3.49. The summed E-state index contributed by atoms with van der Waals surface area (Å²) >= 11 is 0. The molecule has 0 aliphatic carbocycles. The van der Waals surface area contributed by atoms with Crippen LogP contribution in [-0.2, 0) is 6.54 Å². The molecule has 0 spiro atoms. The molecule has 1 atom stereocenters. The fourth-order valence-electron chi connectivity index (χ4n) is 2.95. The summed E-state index contributed by atoms with van der Waals surface area (Å²) in [7, 11) is 4.24. The summed E-state index contributed by atoms with van der Waals surface area (Å²) in [6, 6.07) is 5.95. The second-order valence-electron chi connectivity index (χ2n) is 5.68. The van der Waals surface area contributed by atoms with E-state index in [1.165, 1.54) is 19.4 Å². The van der Waals surface area contributed by atoms with Crippen molar-refractivity contribution < 1.29 is 4.39 Å². The molecule has 1 fully saturated rings. The second-order valence-corrected chi connectivity index (χ2v) is 5.68. The molecule has 1 aliphatic heterocycles. The molecule has 0 radical (unpaired) electrons. The van der Waals surface area contributed by atoms with E-state index in [4.69, 9.17) is 0 Å². The smallest absolute Gasteiger partial charge is 0.129 e. The number of likely N-dealkylation sites (tertiary alicyclic amines) is 1. The minimum Gasteiger partial charge on any atom is -0.373 e. The third-order valence-corrected chi connectivity index (χ3v) is 4.21. The maximum absolute atomic E-state index is 14.0. The lowest BCUT2D eigenvalue weighted by atomic mass is 10.1. The van der Waals surface area contributed by atoms with E-state index in [2.05, 4.69) is 29.2 Å². The van der Waals surface area contributed by atoms with E-state index >= 15 is 0 Å². The van der Waals surface area contributed by atoms with E-state index in [0.717, 1.165) is 24.3 Å². The van der Waals surface area contributed by atoms with Gasteiger partial charge in [-0.2, -0.15) is 0 Å². The summed E-state index contributed by atoms with van der Waals surface area (Å²) < 4.78 is 14.0. The standard InChI is InChI=1S/C16H26FN3/c1-4-18-11-14-15(17)8-5-9-16(14)20(3)12-13-7-6-10-19(13)2/h5,8-9,13,18H,4,6-7,10-12H2,1-3H3. The van der Waals surface area contributed by atoms with Crippen LogP contribution in [-0.4, -0.2) is 44.7 Å². The van der Waals surface area contributed by atoms with Gasteiger partial charge in [-0.1, -0.05) is 13.0 Å². The number of hydrogen-bond acceptors (Lipinski definition) is 3. The first-order chi connectivity index (χ1) is 9.63. The molecule has 4 heteroatoms. The molecule has 1 N–H and O–H groups in total. The Morgan fingerprint density at radius 1 is 1.45 bits per heavy atom. The SMILES string of the molecule is CCNCc1c(F)cccc1N(C)CC1CCCN1C. The molecule has 2 rings (SSSR count). The van der Waals surface area contributed by atoms with Gasteiger partial charge in [0, 0.05) is 37.4 Å². The van der Waals surface area contributed by atoms with Crippen LogP contribution in [0.4, 0.5) is 10.1 Å². The van der Waals surface area contributed by atoms with Crippen LogP contribution in [0.1, 0.15) is 25.3 Å². The van der Waals surface area contributed by atoms with Gasteiger partial charge in [0.05, 0.1) is 0 Å². The summed E-state index contributed by atoms with van der Waals surface area (Å²) in [6.07, 6.45) is 2.50. The van der Waals surface area contributed by atoms with E-state index in [-0.39, 0.29) is 5.82 Å². The molecule has 0 aromatic heterocycles. The molecule has 1 heterocycles. The number of halogens is 1. The molecule has 0 saturated carbocycles. The minimum absolute atomic E-state index is 0.116. The summed E-state index contributed by atoms with van der Waals surface area (Å²) in [5.41, 5.74) is 1.78. The van der Waals surface area contributed by atoms with Crippen molar-refractivity contribution in [1.82, 2.24) is 10.2 Å². The van der Waals surface area contributed by atoms with Gasteiger partial charge in [-0.05, 0) is 45.1 Å². The van der Waals surface area contributed by atoms with E-state index in [1.54, 1.807) is 12.1 Å². The average molecular weight is 279 g/mol. The molecular formula is C16H26FN3. The summed E-state index contributed by atoms with van der Waals surface area (Å²) in [5.74, 6) is -0.116. The topological polar surface area (TPSA) is 18.5 Å². The maximum Gasteiger partial charge on any atom is 0.129 e. The highest BCUT2D eigenvalue weighted by Crippen LogP contribution is 2.24. The van der Waals surface area contributed by atoms with E-state index in [1.807, 2.05) is 13.0 Å². The highest BCUT2D eigenvalue weighted by atomic mass is 19.1. The zero-order chi connectivity index (χ0) is 14.5. The molecule has 1 aliphatic rings. The molecule has 1 aromatic carbocycles. The molecule has 1 saturated heterocycles. The van der Waals surface area contributed by atoms with Crippen molar-refractivity contribution in [3.05, 3.63) is 29.6 Å². The molecule has 112 valence electrons. The van der Waals surface area contributed by atoms with Crippen LogP contribution in [0.3, 0.4) is 0 Å². The molecule has 20 heavy (non-hydrogen) atoms. The molecular weight excluding hydrogens is 253 g/mol. The zero-order valence-corrected chi connectivity index (χ0v) is 12.8. The van der Waals surface area contributed by atoms with Gasteiger partial charge in [-0.15, -0.1) is 0 Å². The number of nitrogens with zero attached hydrogens (tertiary/aromatic N) is 2. The van der Waals surface area contributed by atoms with E-state index in [9.17, 15) is 4.39 Å². The predicted octanol–water partition coefficient (Wildman–Crippen LogP) is 2.47. The van der Waals surface area contributed by atoms with Gasteiger partial charge < -0.3 is 15.1 Å². The Bertz CT molecular complexity index is 436. The predicted molar refractivity (Wildman–Crippen MR) is 82.7 cm³/mol. The van der Waals surface area contributed by atoms with Gasteiger partial charge in [0.15, 0.2) is 0 Å². The van der Waals surface area contributed by atoms with Gasteiger partial charge in [0.2, 0.25) is 0 Å². The summed E-state index contributed by atoms with van der Waals surface area (Å²) in [6.45, 7) is 5.61. The van der Waals surface area contributed by atoms with Crippen molar-refractivity contribution in [3.63, 3.8) is 0 Å². The summed E-state index contributed by atoms with van der Waals surface area (Å²) in [5, 5.41) is 3.23. The highest BCUT2D eigenvalue weighted by molar-refractivity contribution is 5.53. The van der Waals surface area contributed by atoms with Crippen molar-refractivity contribution in [3.8, 4) is 0 Å². The van der Waals surface area contributed by atoms with Crippen molar-refractivity contribution in [2.45, 2.75) is 32.4 Å². The van der Waals surface area contributed by atoms with Crippen molar-refractivity contribution in [2.24, 2.45) is 0 Å². The van der Waals surface area contributed by atoms with Gasteiger partial charge in [-0.3, -0.25) is 0 Å². The van der Waals surface area contributed by atoms with Crippen LogP contribution in [0.25, 0.3) is 0 Å². The minimum atomic E-state index is -0.116. The number of benzene rings is 1. The van der Waals surface area contributed by atoms with Gasteiger partial charge in [-0.25, -0.2) is 4.39 Å². The van der Waals surface area contributed by atoms with Crippen LogP contribution in [0, 0.1) is 5.82 Å². The van der Waals surface area contributed by atoms with Crippen LogP contribution < -0.4 is 10.2 Å². The number of rotatable bonds is 6. The average Bonchev–Trinajstić information content (AvgIpc) is 2.82. The largest absolute Gasteiger partial charge is 0.373 e. The zero-order valence-electron chi connectivity index (χ0n) is 12.8. The lowest BCUT2D eigenvalue weighted by Crippen LogP contribution is -2.37. The Morgan fingerprint density at radius 2 is 2.25 bits per heavy atom. The fourth-order valence-corrected chi connectivity index (χ4v) is 2.95. The Kier molecular flexibility index (Phi) is 5.38. The summed E-state index contributed by atoms with van der Waals surface area (Å²) in [4.78, 5) is 4.60. The molecule has 0 bridgehead atoms. The number of anilines is 1. The second kappa shape index (κ2) is 7.04.